The van der Waals surface area contributed by atoms with Gasteiger partial charge < -0.3 is 20.4 Å². The van der Waals surface area contributed by atoms with Crippen molar-refractivity contribution in [1.29, 1.82) is 0 Å². The Morgan fingerprint density at radius 3 is 2.86 bits per heavy atom. The molecule has 1 aromatic carbocycles. The van der Waals surface area contributed by atoms with Gasteiger partial charge in [0.1, 0.15) is 5.75 Å². The van der Waals surface area contributed by atoms with E-state index in [1.807, 2.05) is 6.92 Å². The van der Waals surface area contributed by atoms with Crippen molar-refractivity contribution in [3.8, 4) is 5.75 Å². The Morgan fingerprint density at radius 2 is 2.14 bits per heavy atom. The first-order chi connectivity index (χ1) is 10.5. The SMILES string of the molecule is Cc1ccc(O)c(NC(=O)C(=O)N2CCCCC2CCO)c1. The van der Waals surface area contributed by atoms with Crippen LogP contribution >= 0.6 is 0 Å². The fraction of sp³-hybridized carbons (Fsp3) is 0.500. The van der Waals surface area contributed by atoms with Gasteiger partial charge in [0.25, 0.3) is 0 Å². The molecule has 1 aliphatic rings. The van der Waals surface area contributed by atoms with E-state index in [-0.39, 0.29) is 24.1 Å². The van der Waals surface area contributed by atoms with E-state index in [0.29, 0.717) is 13.0 Å². The Labute approximate surface area is 129 Å². The zero-order chi connectivity index (χ0) is 16.1. The van der Waals surface area contributed by atoms with Gasteiger partial charge in [-0.05, 0) is 50.3 Å². The molecule has 0 saturated carbocycles. The van der Waals surface area contributed by atoms with Gasteiger partial charge in [-0.2, -0.15) is 0 Å². The van der Waals surface area contributed by atoms with Crippen LogP contribution in [0.2, 0.25) is 0 Å². The average molecular weight is 306 g/mol. The zero-order valence-electron chi connectivity index (χ0n) is 12.7. The van der Waals surface area contributed by atoms with Crippen molar-refractivity contribution >= 4 is 17.5 Å². The highest BCUT2D eigenvalue weighted by Crippen LogP contribution is 2.25. The second-order valence-electron chi connectivity index (χ2n) is 5.64. The van der Waals surface area contributed by atoms with Crippen LogP contribution < -0.4 is 5.32 Å². The highest BCUT2D eigenvalue weighted by atomic mass is 16.3. The van der Waals surface area contributed by atoms with E-state index in [9.17, 15) is 14.7 Å². The maximum atomic E-state index is 12.3. The van der Waals surface area contributed by atoms with Gasteiger partial charge in [-0.15, -0.1) is 0 Å². The molecule has 1 heterocycles. The number of phenols is 1. The summed E-state index contributed by atoms with van der Waals surface area (Å²) in [5.41, 5.74) is 1.10. The van der Waals surface area contributed by atoms with Crippen LogP contribution in [0.5, 0.6) is 5.75 Å². The molecule has 0 aliphatic carbocycles. The molecule has 3 N–H and O–H groups in total. The zero-order valence-corrected chi connectivity index (χ0v) is 12.7. The lowest BCUT2D eigenvalue weighted by atomic mass is 9.99. The van der Waals surface area contributed by atoms with Crippen LogP contribution in [0.25, 0.3) is 0 Å². The lowest BCUT2D eigenvalue weighted by Gasteiger charge is -2.35. The van der Waals surface area contributed by atoms with E-state index in [4.69, 9.17) is 5.11 Å². The molecule has 1 atom stereocenters. The number of aromatic hydroxyl groups is 1. The van der Waals surface area contributed by atoms with E-state index >= 15 is 0 Å². The molecule has 1 unspecified atom stereocenters. The smallest absolute Gasteiger partial charge is 0.314 e. The van der Waals surface area contributed by atoms with Crippen LogP contribution in [0.3, 0.4) is 0 Å². The summed E-state index contributed by atoms with van der Waals surface area (Å²) in [6.45, 7) is 2.35. The molecule has 0 bridgehead atoms. The molecule has 6 heteroatoms. The second-order valence-corrected chi connectivity index (χ2v) is 5.64. The first-order valence-corrected chi connectivity index (χ1v) is 7.55. The molecule has 120 valence electrons. The molecular formula is C16H22N2O4. The summed E-state index contributed by atoms with van der Waals surface area (Å²) in [6.07, 6.45) is 3.13. The molecule has 1 aromatic rings. The van der Waals surface area contributed by atoms with Gasteiger partial charge in [-0.25, -0.2) is 0 Å². The summed E-state index contributed by atoms with van der Waals surface area (Å²) in [4.78, 5) is 26.0. The lowest BCUT2D eigenvalue weighted by Crippen LogP contribution is -2.48. The lowest BCUT2D eigenvalue weighted by molar-refractivity contribution is -0.146. The fourth-order valence-corrected chi connectivity index (χ4v) is 2.77. The quantitative estimate of drug-likeness (QED) is 0.581. The Hall–Kier alpha value is -2.08. The van der Waals surface area contributed by atoms with Gasteiger partial charge in [-0.3, -0.25) is 9.59 Å². The number of phenolic OH excluding ortho intramolecular Hbond substituents is 1. The molecule has 2 rings (SSSR count). The van der Waals surface area contributed by atoms with Gasteiger partial charge in [0.2, 0.25) is 0 Å². The Morgan fingerprint density at radius 1 is 1.36 bits per heavy atom. The standard InChI is InChI=1S/C16H22N2O4/c1-11-5-6-14(20)13(10-11)17-15(21)16(22)18-8-3-2-4-12(18)7-9-19/h5-6,10,12,19-20H,2-4,7-9H2,1H3,(H,17,21). The summed E-state index contributed by atoms with van der Waals surface area (Å²) in [6, 6.07) is 4.71. The summed E-state index contributed by atoms with van der Waals surface area (Å²) >= 11 is 0. The number of likely N-dealkylation sites (tertiary alicyclic amines) is 1. The van der Waals surface area contributed by atoms with Crippen LogP contribution in [-0.2, 0) is 9.59 Å². The van der Waals surface area contributed by atoms with E-state index < -0.39 is 11.8 Å². The van der Waals surface area contributed by atoms with Crippen LogP contribution in [0.15, 0.2) is 18.2 Å². The highest BCUT2D eigenvalue weighted by Gasteiger charge is 2.30. The predicted molar refractivity (Wildman–Crippen MR) is 82.5 cm³/mol. The number of aryl methyl sites for hydroxylation is 1. The summed E-state index contributed by atoms with van der Waals surface area (Å²) in [5, 5.41) is 21.3. The number of rotatable bonds is 3. The van der Waals surface area contributed by atoms with Gasteiger partial charge in [0, 0.05) is 19.2 Å². The third kappa shape index (κ3) is 3.76. The number of benzene rings is 1. The van der Waals surface area contributed by atoms with Crippen molar-refractivity contribution in [3.05, 3.63) is 23.8 Å². The van der Waals surface area contributed by atoms with Crippen molar-refractivity contribution in [1.82, 2.24) is 4.90 Å². The number of carbonyl (C=O) groups is 2. The minimum absolute atomic E-state index is 0.00522. The maximum Gasteiger partial charge on any atom is 0.314 e. The van der Waals surface area contributed by atoms with Crippen molar-refractivity contribution in [2.75, 3.05) is 18.5 Å². The Bertz CT molecular complexity index is 557. The second kappa shape index (κ2) is 7.26. The molecule has 1 saturated heterocycles. The number of anilines is 1. The number of carbonyl (C=O) groups excluding carboxylic acids is 2. The number of hydrogen-bond acceptors (Lipinski definition) is 4. The third-order valence-electron chi connectivity index (χ3n) is 3.94. The molecule has 6 nitrogen and oxygen atoms in total. The van der Waals surface area contributed by atoms with Crippen molar-refractivity contribution in [2.45, 2.75) is 38.6 Å². The van der Waals surface area contributed by atoms with Crippen LogP contribution in [0.1, 0.15) is 31.2 Å². The van der Waals surface area contributed by atoms with Crippen molar-refractivity contribution in [2.24, 2.45) is 0 Å². The molecule has 1 fully saturated rings. The van der Waals surface area contributed by atoms with E-state index in [0.717, 1.165) is 24.8 Å². The van der Waals surface area contributed by atoms with Crippen LogP contribution in [0.4, 0.5) is 5.69 Å². The number of piperidine rings is 1. The number of aliphatic hydroxyl groups is 1. The number of nitrogens with zero attached hydrogens (tertiary/aromatic N) is 1. The maximum absolute atomic E-state index is 12.3. The molecule has 1 aliphatic heterocycles. The van der Waals surface area contributed by atoms with E-state index in [1.165, 1.54) is 11.0 Å². The first kappa shape index (κ1) is 16.3. The summed E-state index contributed by atoms with van der Waals surface area (Å²) < 4.78 is 0. The topological polar surface area (TPSA) is 89.9 Å². The largest absolute Gasteiger partial charge is 0.506 e. The number of nitrogens with one attached hydrogen (secondary N) is 1. The summed E-state index contributed by atoms with van der Waals surface area (Å²) in [5.74, 6) is -1.44. The van der Waals surface area contributed by atoms with E-state index in [2.05, 4.69) is 5.32 Å². The summed E-state index contributed by atoms with van der Waals surface area (Å²) in [7, 11) is 0. The van der Waals surface area contributed by atoms with Gasteiger partial charge >= 0.3 is 11.8 Å². The number of amides is 2. The molecular weight excluding hydrogens is 284 g/mol. The fourth-order valence-electron chi connectivity index (χ4n) is 2.77. The minimum atomic E-state index is -0.759. The number of aliphatic hydroxyl groups excluding tert-OH is 1. The van der Waals surface area contributed by atoms with Crippen LogP contribution in [-0.4, -0.2) is 46.1 Å². The normalized spacial score (nSPS) is 18.1. The molecule has 2 amide bonds. The van der Waals surface area contributed by atoms with Gasteiger partial charge in [-0.1, -0.05) is 6.07 Å². The minimum Gasteiger partial charge on any atom is -0.506 e. The molecule has 0 radical (unpaired) electrons. The highest BCUT2D eigenvalue weighted by molar-refractivity contribution is 6.39. The van der Waals surface area contributed by atoms with Gasteiger partial charge in [0.05, 0.1) is 5.69 Å². The average Bonchev–Trinajstić information content (AvgIpc) is 2.51. The third-order valence-corrected chi connectivity index (χ3v) is 3.94. The van der Waals surface area contributed by atoms with Crippen molar-refractivity contribution in [3.63, 3.8) is 0 Å². The molecule has 0 spiro atoms. The Kier molecular flexibility index (Phi) is 5.38. The monoisotopic (exact) mass is 306 g/mol. The van der Waals surface area contributed by atoms with Crippen LogP contribution in [0, 0.1) is 6.92 Å². The van der Waals surface area contributed by atoms with E-state index in [1.54, 1.807) is 12.1 Å². The first-order valence-electron chi connectivity index (χ1n) is 7.55. The molecule has 22 heavy (non-hydrogen) atoms. The number of hydrogen-bond donors (Lipinski definition) is 3. The Balaban J connectivity index is 2.07. The van der Waals surface area contributed by atoms with Crippen molar-refractivity contribution < 1.29 is 19.8 Å². The predicted octanol–water partition coefficient (Wildman–Crippen LogP) is 1.40. The molecule has 0 aromatic heterocycles. The van der Waals surface area contributed by atoms with Gasteiger partial charge in [0.15, 0.2) is 0 Å².